The van der Waals surface area contributed by atoms with Crippen molar-refractivity contribution in [3.63, 3.8) is 0 Å². The van der Waals surface area contributed by atoms with Gasteiger partial charge in [-0.1, -0.05) is 37.9 Å². The third-order valence-electron chi connectivity index (χ3n) is 3.60. The molecule has 0 aromatic heterocycles. The molecule has 0 saturated heterocycles. The van der Waals surface area contributed by atoms with Crippen molar-refractivity contribution in [1.29, 1.82) is 0 Å². The SMILES string of the molecule is Cc1cc(Br)c(C(O)c2ccc3c(c2)CCO3)cc1Br. The summed E-state index contributed by atoms with van der Waals surface area (Å²) in [7, 11) is 0. The first-order chi connectivity index (χ1) is 9.56. The van der Waals surface area contributed by atoms with Crippen LogP contribution < -0.4 is 4.74 Å². The van der Waals surface area contributed by atoms with Crippen molar-refractivity contribution in [2.45, 2.75) is 19.4 Å². The van der Waals surface area contributed by atoms with E-state index in [1.54, 1.807) is 0 Å². The van der Waals surface area contributed by atoms with E-state index in [0.717, 1.165) is 44.4 Å². The van der Waals surface area contributed by atoms with Gasteiger partial charge in [-0.2, -0.15) is 0 Å². The van der Waals surface area contributed by atoms with Crippen LogP contribution in [-0.4, -0.2) is 11.7 Å². The summed E-state index contributed by atoms with van der Waals surface area (Å²) in [5, 5.41) is 10.6. The second-order valence-electron chi connectivity index (χ2n) is 4.99. The summed E-state index contributed by atoms with van der Waals surface area (Å²) in [5.41, 5.74) is 4.06. The second kappa shape index (κ2) is 5.51. The average molecular weight is 398 g/mol. The van der Waals surface area contributed by atoms with E-state index in [4.69, 9.17) is 4.74 Å². The smallest absolute Gasteiger partial charge is 0.122 e. The highest BCUT2D eigenvalue weighted by Gasteiger charge is 2.19. The minimum Gasteiger partial charge on any atom is -0.493 e. The number of halogens is 2. The van der Waals surface area contributed by atoms with Crippen molar-refractivity contribution in [2.75, 3.05) is 6.61 Å². The maximum atomic E-state index is 10.6. The summed E-state index contributed by atoms with van der Waals surface area (Å²) >= 11 is 7.05. The van der Waals surface area contributed by atoms with Crippen molar-refractivity contribution in [1.82, 2.24) is 0 Å². The van der Waals surface area contributed by atoms with Gasteiger partial charge in [0.15, 0.2) is 0 Å². The minimum atomic E-state index is -0.646. The average Bonchev–Trinajstić information content (AvgIpc) is 2.89. The molecule has 20 heavy (non-hydrogen) atoms. The van der Waals surface area contributed by atoms with Gasteiger partial charge in [-0.05, 0) is 47.9 Å². The summed E-state index contributed by atoms with van der Waals surface area (Å²) in [5.74, 6) is 0.935. The highest BCUT2D eigenvalue weighted by Crippen LogP contribution is 2.35. The van der Waals surface area contributed by atoms with Crippen LogP contribution in [0, 0.1) is 6.92 Å². The first kappa shape index (κ1) is 14.1. The normalized spacial score (nSPS) is 14.8. The van der Waals surface area contributed by atoms with Crippen molar-refractivity contribution >= 4 is 31.9 Å². The highest BCUT2D eigenvalue weighted by molar-refractivity contribution is 9.11. The summed E-state index contributed by atoms with van der Waals surface area (Å²) in [6, 6.07) is 9.88. The van der Waals surface area contributed by atoms with Gasteiger partial charge in [-0.3, -0.25) is 0 Å². The zero-order valence-corrected chi connectivity index (χ0v) is 14.2. The Morgan fingerprint density at radius 1 is 1.15 bits per heavy atom. The Labute approximate surface area is 135 Å². The molecule has 2 aromatic rings. The van der Waals surface area contributed by atoms with Gasteiger partial charge in [-0.15, -0.1) is 0 Å². The van der Waals surface area contributed by atoms with Crippen molar-refractivity contribution in [3.8, 4) is 5.75 Å². The molecule has 1 atom stereocenters. The number of rotatable bonds is 2. The molecule has 3 rings (SSSR count). The lowest BCUT2D eigenvalue weighted by Crippen LogP contribution is -2.02. The van der Waals surface area contributed by atoms with Crippen molar-refractivity contribution in [2.24, 2.45) is 0 Å². The summed E-state index contributed by atoms with van der Waals surface area (Å²) < 4.78 is 7.42. The number of ether oxygens (including phenoxy) is 1. The van der Waals surface area contributed by atoms with Gasteiger partial charge in [0, 0.05) is 20.9 Å². The van der Waals surface area contributed by atoms with Gasteiger partial charge < -0.3 is 9.84 Å². The number of hydrogen-bond donors (Lipinski definition) is 1. The molecule has 1 N–H and O–H groups in total. The van der Waals surface area contributed by atoms with E-state index in [2.05, 4.69) is 31.9 Å². The van der Waals surface area contributed by atoms with Gasteiger partial charge in [-0.25, -0.2) is 0 Å². The molecule has 1 unspecified atom stereocenters. The van der Waals surface area contributed by atoms with Crippen LogP contribution in [0.15, 0.2) is 39.3 Å². The monoisotopic (exact) mass is 396 g/mol. The molecular formula is C16H14Br2O2. The lowest BCUT2D eigenvalue weighted by molar-refractivity contribution is 0.219. The van der Waals surface area contributed by atoms with E-state index < -0.39 is 6.10 Å². The Bertz CT molecular complexity index is 668. The van der Waals surface area contributed by atoms with Crippen LogP contribution in [-0.2, 0) is 6.42 Å². The molecule has 1 heterocycles. The molecule has 0 saturated carbocycles. The Hall–Kier alpha value is -0.840. The van der Waals surface area contributed by atoms with Crippen LogP contribution in [0.25, 0.3) is 0 Å². The van der Waals surface area contributed by atoms with Crippen LogP contribution in [0.5, 0.6) is 5.75 Å². The highest BCUT2D eigenvalue weighted by atomic mass is 79.9. The lowest BCUT2D eigenvalue weighted by atomic mass is 9.98. The van der Waals surface area contributed by atoms with Gasteiger partial charge in [0.2, 0.25) is 0 Å². The Kier molecular flexibility index (Phi) is 3.89. The Balaban J connectivity index is 2.00. The molecule has 0 amide bonds. The number of aryl methyl sites for hydroxylation is 1. The van der Waals surface area contributed by atoms with Crippen molar-refractivity contribution < 1.29 is 9.84 Å². The van der Waals surface area contributed by atoms with Crippen LogP contribution in [0.4, 0.5) is 0 Å². The molecule has 0 bridgehead atoms. The number of aliphatic hydroxyl groups excluding tert-OH is 1. The molecule has 0 radical (unpaired) electrons. The third-order valence-corrected chi connectivity index (χ3v) is 5.14. The fourth-order valence-corrected chi connectivity index (χ4v) is 3.46. The quantitative estimate of drug-likeness (QED) is 0.806. The maximum absolute atomic E-state index is 10.6. The molecule has 2 aromatic carbocycles. The predicted molar refractivity (Wildman–Crippen MR) is 86.3 cm³/mol. The molecule has 4 heteroatoms. The van der Waals surface area contributed by atoms with Crippen LogP contribution in [0.2, 0.25) is 0 Å². The molecule has 0 fully saturated rings. The van der Waals surface area contributed by atoms with Gasteiger partial charge in [0.05, 0.1) is 6.61 Å². The van der Waals surface area contributed by atoms with Gasteiger partial charge in [0.25, 0.3) is 0 Å². The predicted octanol–water partition coefficient (Wildman–Crippen LogP) is 4.54. The van der Waals surface area contributed by atoms with E-state index in [1.807, 2.05) is 37.3 Å². The van der Waals surface area contributed by atoms with Crippen LogP contribution in [0.3, 0.4) is 0 Å². The molecular weight excluding hydrogens is 384 g/mol. The van der Waals surface area contributed by atoms with E-state index in [-0.39, 0.29) is 0 Å². The van der Waals surface area contributed by atoms with E-state index in [1.165, 1.54) is 5.56 Å². The zero-order valence-electron chi connectivity index (χ0n) is 11.0. The largest absolute Gasteiger partial charge is 0.493 e. The Morgan fingerprint density at radius 2 is 1.95 bits per heavy atom. The molecule has 0 aliphatic carbocycles. The van der Waals surface area contributed by atoms with Crippen LogP contribution in [0.1, 0.15) is 28.4 Å². The summed E-state index contributed by atoms with van der Waals surface area (Å²) in [6.45, 7) is 2.76. The second-order valence-corrected chi connectivity index (χ2v) is 6.70. The van der Waals surface area contributed by atoms with Gasteiger partial charge >= 0.3 is 0 Å². The first-order valence-electron chi connectivity index (χ1n) is 6.45. The maximum Gasteiger partial charge on any atom is 0.122 e. The first-order valence-corrected chi connectivity index (χ1v) is 8.04. The fourth-order valence-electron chi connectivity index (χ4n) is 2.43. The zero-order chi connectivity index (χ0) is 14.3. The standard InChI is InChI=1S/C16H14Br2O2/c1-9-6-14(18)12(8-13(9)17)16(19)11-2-3-15-10(7-11)4-5-20-15/h2-3,6-8,16,19H,4-5H2,1H3. The Morgan fingerprint density at radius 3 is 2.75 bits per heavy atom. The lowest BCUT2D eigenvalue weighted by Gasteiger charge is -2.16. The molecule has 2 nitrogen and oxygen atoms in total. The van der Waals surface area contributed by atoms with Crippen LogP contribution >= 0.6 is 31.9 Å². The van der Waals surface area contributed by atoms with Gasteiger partial charge in [0.1, 0.15) is 11.9 Å². The summed E-state index contributed by atoms with van der Waals surface area (Å²) in [6.07, 6.45) is 0.265. The fraction of sp³-hybridized carbons (Fsp3) is 0.250. The van der Waals surface area contributed by atoms with E-state index >= 15 is 0 Å². The number of benzene rings is 2. The van der Waals surface area contributed by atoms with Crippen molar-refractivity contribution in [3.05, 3.63) is 61.5 Å². The summed E-state index contributed by atoms with van der Waals surface area (Å²) in [4.78, 5) is 0. The molecule has 0 spiro atoms. The van der Waals surface area contributed by atoms with E-state index in [0.29, 0.717) is 0 Å². The minimum absolute atomic E-state index is 0.646. The number of hydrogen-bond acceptors (Lipinski definition) is 2. The molecule has 1 aliphatic heterocycles. The molecule has 104 valence electrons. The number of fused-ring (bicyclic) bond motifs is 1. The number of aliphatic hydroxyl groups is 1. The van der Waals surface area contributed by atoms with E-state index in [9.17, 15) is 5.11 Å². The third kappa shape index (κ3) is 2.52. The molecule has 1 aliphatic rings. The topological polar surface area (TPSA) is 29.5 Å².